The monoisotopic (exact) mass is 227 g/mol. The normalized spacial score (nSPS) is 27.6. The second-order valence-electron chi connectivity index (χ2n) is 5.31. The minimum absolute atomic E-state index is 0.750. The van der Waals surface area contributed by atoms with Crippen LogP contribution >= 0.6 is 0 Å². The van der Waals surface area contributed by atoms with Crippen LogP contribution in [0, 0.1) is 0 Å². The van der Waals surface area contributed by atoms with E-state index in [0.717, 1.165) is 12.1 Å². The Hall–Kier alpha value is -0.120. The van der Waals surface area contributed by atoms with Crippen molar-refractivity contribution in [3.05, 3.63) is 0 Å². The zero-order valence-corrected chi connectivity index (χ0v) is 11.5. The van der Waals surface area contributed by atoms with Gasteiger partial charge in [-0.2, -0.15) is 0 Å². The van der Waals surface area contributed by atoms with Crippen molar-refractivity contribution in [3.8, 4) is 0 Å². The van der Waals surface area contributed by atoms with Crippen LogP contribution < -0.4 is 5.32 Å². The summed E-state index contributed by atoms with van der Waals surface area (Å²) in [5, 5.41) is 3.70. The third-order valence-electron chi connectivity index (χ3n) is 3.64. The Bertz CT molecular complexity index is 182. The van der Waals surface area contributed by atoms with Crippen molar-refractivity contribution in [1.29, 1.82) is 0 Å². The lowest BCUT2D eigenvalue weighted by molar-refractivity contribution is 0.143. The van der Waals surface area contributed by atoms with Crippen LogP contribution in [0.15, 0.2) is 0 Å². The van der Waals surface area contributed by atoms with Crippen LogP contribution in [0.1, 0.15) is 33.1 Å². The Balaban J connectivity index is 2.10. The number of piperidine rings is 1. The number of hydrogen-bond donors (Lipinski definition) is 1. The topological polar surface area (TPSA) is 18.5 Å². The highest BCUT2D eigenvalue weighted by Crippen LogP contribution is 2.16. The van der Waals surface area contributed by atoms with Crippen LogP contribution in [0.5, 0.6) is 0 Å². The molecule has 0 amide bonds. The van der Waals surface area contributed by atoms with Crippen molar-refractivity contribution in [1.82, 2.24) is 15.1 Å². The fraction of sp³-hybridized carbons (Fsp3) is 1.00. The van der Waals surface area contributed by atoms with Gasteiger partial charge in [-0.1, -0.05) is 6.92 Å². The van der Waals surface area contributed by atoms with Crippen LogP contribution in [0.3, 0.4) is 0 Å². The molecule has 1 saturated heterocycles. The number of hydrogen-bond acceptors (Lipinski definition) is 3. The molecule has 0 spiro atoms. The molecule has 0 aromatic heterocycles. The predicted octanol–water partition coefficient (Wildman–Crippen LogP) is 1.40. The van der Waals surface area contributed by atoms with Crippen molar-refractivity contribution in [2.24, 2.45) is 0 Å². The van der Waals surface area contributed by atoms with E-state index < -0.39 is 0 Å². The van der Waals surface area contributed by atoms with E-state index in [1.165, 1.54) is 45.4 Å². The van der Waals surface area contributed by atoms with Gasteiger partial charge in [-0.25, -0.2) is 0 Å². The summed E-state index contributed by atoms with van der Waals surface area (Å²) in [6.45, 7) is 9.45. The summed E-state index contributed by atoms with van der Waals surface area (Å²) in [7, 11) is 4.28. The van der Waals surface area contributed by atoms with Gasteiger partial charge in [0.1, 0.15) is 0 Å². The van der Waals surface area contributed by atoms with Gasteiger partial charge in [0, 0.05) is 12.1 Å². The minimum Gasteiger partial charge on any atom is -0.314 e. The summed E-state index contributed by atoms with van der Waals surface area (Å²) in [6.07, 6.45) is 3.89. The second kappa shape index (κ2) is 7.25. The van der Waals surface area contributed by atoms with E-state index in [1.807, 2.05) is 0 Å². The van der Waals surface area contributed by atoms with Crippen LogP contribution in [0.2, 0.25) is 0 Å². The number of nitrogens with one attached hydrogen (secondary N) is 1. The van der Waals surface area contributed by atoms with Crippen molar-refractivity contribution in [2.45, 2.75) is 45.2 Å². The molecule has 0 radical (unpaired) electrons. The van der Waals surface area contributed by atoms with E-state index >= 15 is 0 Å². The lowest BCUT2D eigenvalue weighted by atomic mass is 9.98. The van der Waals surface area contributed by atoms with Crippen molar-refractivity contribution in [2.75, 3.05) is 40.3 Å². The molecule has 3 heteroatoms. The fourth-order valence-corrected chi connectivity index (χ4v) is 2.58. The summed E-state index contributed by atoms with van der Waals surface area (Å²) in [5.74, 6) is 0. The molecular formula is C13H29N3. The Morgan fingerprint density at radius 2 is 2.12 bits per heavy atom. The Morgan fingerprint density at radius 3 is 2.69 bits per heavy atom. The molecule has 1 N–H and O–H groups in total. The molecule has 0 bridgehead atoms. The average molecular weight is 227 g/mol. The van der Waals surface area contributed by atoms with Crippen LogP contribution in [0.25, 0.3) is 0 Å². The van der Waals surface area contributed by atoms with E-state index in [-0.39, 0.29) is 0 Å². The zero-order chi connectivity index (χ0) is 12.0. The third-order valence-corrected chi connectivity index (χ3v) is 3.64. The molecule has 1 heterocycles. The van der Waals surface area contributed by atoms with Crippen LogP contribution in [-0.2, 0) is 0 Å². The van der Waals surface area contributed by atoms with Gasteiger partial charge in [-0.05, 0) is 66.5 Å². The molecule has 0 aliphatic carbocycles. The molecule has 2 atom stereocenters. The molecule has 16 heavy (non-hydrogen) atoms. The molecule has 1 aliphatic heterocycles. The Kier molecular flexibility index (Phi) is 6.32. The van der Waals surface area contributed by atoms with Gasteiger partial charge in [0.25, 0.3) is 0 Å². The van der Waals surface area contributed by atoms with E-state index in [2.05, 4.69) is 43.1 Å². The highest BCUT2D eigenvalue weighted by molar-refractivity contribution is 4.82. The fourth-order valence-electron chi connectivity index (χ4n) is 2.58. The van der Waals surface area contributed by atoms with Gasteiger partial charge in [-0.15, -0.1) is 0 Å². The summed E-state index contributed by atoms with van der Waals surface area (Å²) >= 11 is 0. The first-order chi connectivity index (χ1) is 7.63. The lowest BCUT2D eigenvalue weighted by Crippen LogP contribution is -2.47. The minimum atomic E-state index is 0.750. The lowest BCUT2D eigenvalue weighted by Gasteiger charge is -2.37. The molecule has 1 aliphatic rings. The van der Waals surface area contributed by atoms with Gasteiger partial charge in [0.05, 0.1) is 0 Å². The summed E-state index contributed by atoms with van der Waals surface area (Å²) in [5.41, 5.74) is 0. The molecule has 0 saturated carbocycles. The largest absolute Gasteiger partial charge is 0.314 e. The molecular weight excluding hydrogens is 198 g/mol. The number of likely N-dealkylation sites (tertiary alicyclic amines) is 1. The molecule has 1 fully saturated rings. The van der Waals surface area contributed by atoms with Crippen LogP contribution in [-0.4, -0.2) is 62.2 Å². The Morgan fingerprint density at radius 1 is 1.38 bits per heavy atom. The number of nitrogens with zero attached hydrogens (tertiary/aromatic N) is 2. The zero-order valence-electron chi connectivity index (χ0n) is 11.5. The quantitative estimate of drug-likeness (QED) is 0.692. The second-order valence-corrected chi connectivity index (χ2v) is 5.31. The van der Waals surface area contributed by atoms with Gasteiger partial charge in [0.15, 0.2) is 0 Å². The van der Waals surface area contributed by atoms with Crippen molar-refractivity contribution >= 4 is 0 Å². The van der Waals surface area contributed by atoms with Crippen LogP contribution in [0.4, 0.5) is 0 Å². The maximum Gasteiger partial charge on any atom is 0.00940 e. The molecule has 0 aromatic rings. The highest BCUT2D eigenvalue weighted by atomic mass is 15.2. The maximum absolute atomic E-state index is 3.70. The van der Waals surface area contributed by atoms with E-state index in [9.17, 15) is 0 Å². The van der Waals surface area contributed by atoms with Crippen molar-refractivity contribution < 1.29 is 0 Å². The van der Waals surface area contributed by atoms with E-state index in [1.54, 1.807) is 0 Å². The van der Waals surface area contributed by atoms with Gasteiger partial charge in [-0.3, -0.25) is 0 Å². The van der Waals surface area contributed by atoms with E-state index in [0.29, 0.717) is 0 Å². The summed E-state index contributed by atoms with van der Waals surface area (Å²) in [4.78, 5) is 4.84. The SMILES string of the molecule is CCN1CCC(NCCCN(C)C)CC1C. The smallest absolute Gasteiger partial charge is 0.00940 e. The van der Waals surface area contributed by atoms with Crippen molar-refractivity contribution in [3.63, 3.8) is 0 Å². The third kappa shape index (κ3) is 4.81. The van der Waals surface area contributed by atoms with Gasteiger partial charge < -0.3 is 15.1 Å². The molecule has 3 nitrogen and oxygen atoms in total. The molecule has 0 aromatic carbocycles. The first kappa shape index (κ1) is 13.9. The Labute approximate surface area is 101 Å². The van der Waals surface area contributed by atoms with Gasteiger partial charge in [0.2, 0.25) is 0 Å². The average Bonchev–Trinajstić information content (AvgIpc) is 2.24. The standard InChI is InChI=1S/C13H29N3/c1-5-16-10-7-13(11-12(16)2)14-8-6-9-15(3)4/h12-14H,5-11H2,1-4H3. The summed E-state index contributed by atoms with van der Waals surface area (Å²) in [6, 6.07) is 1.50. The molecule has 2 unspecified atom stereocenters. The first-order valence-electron chi connectivity index (χ1n) is 6.75. The maximum atomic E-state index is 3.70. The molecule has 1 rings (SSSR count). The van der Waals surface area contributed by atoms with Gasteiger partial charge >= 0.3 is 0 Å². The predicted molar refractivity (Wildman–Crippen MR) is 70.9 cm³/mol. The summed E-state index contributed by atoms with van der Waals surface area (Å²) < 4.78 is 0. The molecule has 96 valence electrons. The number of rotatable bonds is 6. The van der Waals surface area contributed by atoms with E-state index in [4.69, 9.17) is 0 Å². The first-order valence-corrected chi connectivity index (χ1v) is 6.75. The highest BCUT2D eigenvalue weighted by Gasteiger charge is 2.23.